The number of nitriles is 1. The van der Waals surface area contributed by atoms with Crippen LogP contribution in [-0.2, 0) is 47.2 Å². The molecule has 1 amide bonds. The van der Waals surface area contributed by atoms with Gasteiger partial charge in [0.15, 0.2) is 18.0 Å². The predicted octanol–water partition coefficient (Wildman–Crippen LogP) is 1.99. The number of hydrogen-bond acceptors (Lipinski definition) is 14. The molecule has 1 aliphatic carbocycles. The molecule has 46 heavy (non-hydrogen) atoms. The highest BCUT2D eigenvalue weighted by Crippen LogP contribution is 2.70. The van der Waals surface area contributed by atoms with Gasteiger partial charge < -0.3 is 28.8 Å². The number of rotatable bonds is 11. The molecule has 2 aromatic heterocycles. The van der Waals surface area contributed by atoms with E-state index in [0.29, 0.717) is 5.52 Å². The summed E-state index contributed by atoms with van der Waals surface area (Å²) in [5.41, 5.74) is -3.82. The van der Waals surface area contributed by atoms with Gasteiger partial charge in [-0.15, -0.1) is 0 Å². The van der Waals surface area contributed by atoms with Gasteiger partial charge in [-0.2, -0.15) is 15.4 Å². The highest BCUT2D eigenvalue weighted by atomic mass is 31.2. The molecular weight excluding hydrogens is 627 g/mol. The van der Waals surface area contributed by atoms with Gasteiger partial charge in [0.25, 0.3) is 0 Å². The minimum atomic E-state index is -4.63. The molecule has 3 heterocycles. The first kappa shape index (κ1) is 32.5. The normalized spacial score (nSPS) is 26.5. The van der Waals surface area contributed by atoms with Crippen LogP contribution in [0.3, 0.4) is 0 Å². The van der Waals surface area contributed by atoms with Crippen LogP contribution in [0.2, 0.25) is 0 Å². The van der Waals surface area contributed by atoms with Crippen LogP contribution in [-0.4, -0.2) is 75.0 Å². The Hall–Kier alpha value is -4.88. The molecule has 2 N–H and O–H groups in total. The summed E-state index contributed by atoms with van der Waals surface area (Å²) < 4.78 is 49.6. The Morgan fingerprint density at radius 3 is 2.43 bits per heavy atom. The van der Waals surface area contributed by atoms with Crippen molar-refractivity contribution in [1.29, 1.82) is 5.26 Å². The number of para-hydroxylation sites is 1. The third-order valence-electron chi connectivity index (χ3n) is 7.22. The van der Waals surface area contributed by atoms with Crippen LogP contribution in [0.5, 0.6) is 5.75 Å². The molecule has 1 saturated heterocycles. The zero-order valence-electron chi connectivity index (χ0n) is 25.2. The summed E-state index contributed by atoms with van der Waals surface area (Å²) in [6, 6.07) is 11.6. The summed E-state index contributed by atoms with van der Waals surface area (Å²) in [5, 5.41) is 19.8. The van der Waals surface area contributed by atoms with Crippen LogP contribution < -0.4 is 14.9 Å². The summed E-state index contributed by atoms with van der Waals surface area (Å²) >= 11 is 0. The quantitative estimate of drug-likeness (QED) is 0.171. The van der Waals surface area contributed by atoms with E-state index in [1.54, 1.807) is 24.3 Å². The average molecular weight is 657 g/mol. The largest absolute Gasteiger partial charge is 0.468 e. The van der Waals surface area contributed by atoms with Crippen molar-refractivity contribution in [3.63, 3.8) is 0 Å². The lowest BCUT2D eigenvalue weighted by Crippen LogP contribution is -2.43. The van der Waals surface area contributed by atoms with Gasteiger partial charge in [-0.3, -0.25) is 23.7 Å². The predicted molar refractivity (Wildman–Crippen MR) is 154 cm³/mol. The standard InChI is InChI=1S/C28H29N6O11P/c1-15(25(38)40-5)33-46(39,44-19-9-7-6-8-10-19)45-26-27(13-29)28(26,42-18(4)37)23(41-17(3)36)22(43-27)20-11-12-21-24(32-16(2)35)30-14-31-34(20)21/h6-12,14-15,22-23,26H,1-5H3,(H,33,39)(H,30,31,32,35)/t15-,22-,23-,26?,27+,28+,46?/m0/s1. The van der Waals surface area contributed by atoms with Crippen molar-refractivity contribution < 1.29 is 51.7 Å². The molecular formula is C28H29N6O11P. The molecule has 0 bridgehead atoms. The van der Waals surface area contributed by atoms with Gasteiger partial charge >= 0.3 is 25.7 Å². The number of amides is 1. The van der Waals surface area contributed by atoms with Gasteiger partial charge in [0.1, 0.15) is 35.8 Å². The smallest absolute Gasteiger partial charge is 0.460 e. The zero-order valence-corrected chi connectivity index (χ0v) is 26.0. The number of benzene rings is 1. The molecule has 5 rings (SSSR count). The molecule has 1 saturated carbocycles. The molecule has 2 unspecified atom stereocenters. The van der Waals surface area contributed by atoms with Crippen molar-refractivity contribution in [3.05, 3.63) is 54.5 Å². The topological polar surface area (TPSA) is 219 Å². The number of nitrogens with one attached hydrogen (secondary N) is 2. The summed E-state index contributed by atoms with van der Waals surface area (Å²) in [6.45, 7) is 4.80. The second kappa shape index (κ2) is 12.1. The molecule has 7 atom stereocenters. The van der Waals surface area contributed by atoms with Crippen LogP contribution in [0.25, 0.3) is 5.52 Å². The number of carbonyl (C=O) groups is 4. The lowest BCUT2D eigenvalue weighted by molar-refractivity contribution is -0.174. The van der Waals surface area contributed by atoms with E-state index in [4.69, 9.17) is 28.0 Å². The molecule has 1 aliphatic heterocycles. The highest BCUT2D eigenvalue weighted by molar-refractivity contribution is 7.52. The Kier molecular flexibility index (Phi) is 8.58. The van der Waals surface area contributed by atoms with Crippen molar-refractivity contribution in [2.24, 2.45) is 0 Å². The third-order valence-corrected chi connectivity index (χ3v) is 8.87. The summed E-state index contributed by atoms with van der Waals surface area (Å²) in [5.74, 6) is -2.71. The van der Waals surface area contributed by atoms with E-state index in [-0.39, 0.29) is 17.3 Å². The van der Waals surface area contributed by atoms with Crippen molar-refractivity contribution in [2.45, 2.75) is 63.3 Å². The number of nitrogens with zero attached hydrogens (tertiary/aromatic N) is 4. The molecule has 18 heteroatoms. The molecule has 0 radical (unpaired) electrons. The molecule has 2 fully saturated rings. The fourth-order valence-corrected chi connectivity index (χ4v) is 7.16. The van der Waals surface area contributed by atoms with E-state index in [1.165, 1.54) is 36.6 Å². The Labute approximate surface area is 261 Å². The van der Waals surface area contributed by atoms with Crippen LogP contribution in [0.4, 0.5) is 5.82 Å². The zero-order chi connectivity index (χ0) is 33.4. The summed E-state index contributed by atoms with van der Waals surface area (Å²) in [7, 11) is -3.51. The van der Waals surface area contributed by atoms with E-state index >= 15 is 0 Å². The summed E-state index contributed by atoms with van der Waals surface area (Å²) in [4.78, 5) is 53.1. The monoisotopic (exact) mass is 656 g/mol. The van der Waals surface area contributed by atoms with Crippen LogP contribution in [0.15, 0.2) is 48.8 Å². The van der Waals surface area contributed by atoms with Gasteiger partial charge in [-0.1, -0.05) is 18.2 Å². The van der Waals surface area contributed by atoms with E-state index < -0.39 is 67.1 Å². The Balaban J connectivity index is 1.59. The lowest BCUT2D eigenvalue weighted by Gasteiger charge is -2.29. The second-order valence-electron chi connectivity index (χ2n) is 10.4. The van der Waals surface area contributed by atoms with Gasteiger partial charge in [-0.05, 0) is 31.2 Å². The number of carbonyl (C=O) groups excluding carboxylic acids is 4. The highest BCUT2D eigenvalue weighted by Gasteiger charge is 2.95. The maximum Gasteiger partial charge on any atom is 0.460 e. The lowest BCUT2D eigenvalue weighted by atomic mass is 10.0. The maximum absolute atomic E-state index is 14.3. The van der Waals surface area contributed by atoms with Gasteiger partial charge in [-0.25, -0.2) is 14.1 Å². The second-order valence-corrected chi connectivity index (χ2v) is 12.1. The maximum atomic E-state index is 14.3. The third kappa shape index (κ3) is 5.56. The van der Waals surface area contributed by atoms with Crippen LogP contribution in [0.1, 0.15) is 39.5 Å². The molecule has 3 aromatic rings. The Morgan fingerprint density at radius 2 is 1.83 bits per heavy atom. The van der Waals surface area contributed by atoms with E-state index in [2.05, 4.69) is 20.5 Å². The average Bonchev–Trinajstić information content (AvgIpc) is 3.25. The number of aromatic nitrogens is 3. The van der Waals surface area contributed by atoms with Crippen molar-refractivity contribution in [2.75, 3.05) is 12.4 Å². The van der Waals surface area contributed by atoms with Crippen molar-refractivity contribution in [3.8, 4) is 11.8 Å². The molecule has 17 nitrogen and oxygen atoms in total. The van der Waals surface area contributed by atoms with Gasteiger partial charge in [0.2, 0.25) is 17.1 Å². The minimum absolute atomic E-state index is 0.0680. The van der Waals surface area contributed by atoms with Gasteiger partial charge in [0.05, 0.1) is 12.8 Å². The van der Waals surface area contributed by atoms with Crippen molar-refractivity contribution >= 4 is 42.9 Å². The molecule has 2 aliphatic rings. The molecule has 242 valence electrons. The SMILES string of the molecule is COC(=O)[C@H](C)NP(=O)(Oc1ccccc1)OC1[C@@]2(C#N)O[C@@H](c3ccc4c(NC(C)=O)ncnn34)[C@H](OC(C)=O)[C@@]12OC(C)=O. The molecule has 0 spiro atoms. The first-order valence-electron chi connectivity index (χ1n) is 13.8. The number of hydrogen-bond donors (Lipinski definition) is 2. The van der Waals surface area contributed by atoms with E-state index in [0.717, 1.165) is 27.3 Å². The minimum Gasteiger partial charge on any atom is -0.468 e. The molecule has 1 aromatic carbocycles. The number of anilines is 1. The van der Waals surface area contributed by atoms with Crippen LogP contribution >= 0.6 is 7.75 Å². The van der Waals surface area contributed by atoms with E-state index in [1.807, 2.05) is 6.07 Å². The number of ether oxygens (including phenoxy) is 4. The number of fused-ring (bicyclic) bond motifs is 2. The number of methoxy groups -OCH3 is 1. The Morgan fingerprint density at radius 1 is 1.11 bits per heavy atom. The van der Waals surface area contributed by atoms with Gasteiger partial charge in [0, 0.05) is 20.8 Å². The fraction of sp³-hybridized carbons (Fsp3) is 0.393. The fourth-order valence-electron chi connectivity index (χ4n) is 5.44. The van der Waals surface area contributed by atoms with E-state index in [9.17, 15) is 29.0 Å². The first-order valence-corrected chi connectivity index (χ1v) is 15.3. The Bertz CT molecular complexity index is 1790. The van der Waals surface area contributed by atoms with Crippen molar-refractivity contribution in [1.82, 2.24) is 19.7 Å². The summed E-state index contributed by atoms with van der Waals surface area (Å²) in [6.07, 6.45) is -3.37. The van der Waals surface area contributed by atoms with Crippen LogP contribution in [0, 0.1) is 11.3 Å². The first-order chi connectivity index (χ1) is 21.8. The number of esters is 3.